The Morgan fingerprint density at radius 3 is 2.73 bits per heavy atom. The average molecular weight is 423 g/mol. The maximum atomic E-state index is 11.1. The van der Waals surface area contributed by atoms with Gasteiger partial charge in [0.25, 0.3) is 0 Å². The predicted octanol–water partition coefficient (Wildman–Crippen LogP) is 3.10. The minimum atomic E-state index is -1.16. The summed E-state index contributed by atoms with van der Waals surface area (Å²) >= 11 is 5.20. The minimum absolute atomic E-state index is 0.141. The number of ether oxygens (including phenoxy) is 1. The number of anilines is 1. The Morgan fingerprint density at radius 2 is 2.00 bits per heavy atom. The zero-order valence-corrected chi connectivity index (χ0v) is 16.8. The Labute approximate surface area is 179 Å². The summed E-state index contributed by atoms with van der Waals surface area (Å²) in [4.78, 5) is 11.1. The second-order valence-corrected chi connectivity index (χ2v) is 6.94. The van der Waals surface area contributed by atoms with E-state index >= 15 is 0 Å². The van der Waals surface area contributed by atoms with Gasteiger partial charge in [0.2, 0.25) is 0 Å². The highest BCUT2D eigenvalue weighted by atomic mass is 32.1. The molecule has 0 aromatic heterocycles. The lowest BCUT2D eigenvalue weighted by atomic mass is 9.93. The molecular formula is C22H21N3O4S. The van der Waals surface area contributed by atoms with Crippen LogP contribution in [-0.4, -0.2) is 39.2 Å². The summed E-state index contributed by atoms with van der Waals surface area (Å²) in [5, 5.41) is 26.7. The summed E-state index contributed by atoms with van der Waals surface area (Å²) in [5.41, 5.74) is 3.12. The normalized spacial score (nSPS) is 20.2. The molecule has 8 heteroatoms. The molecule has 4 N–H and O–H groups in total. The van der Waals surface area contributed by atoms with Crippen LogP contribution in [0.1, 0.15) is 15.9 Å². The molecular weight excluding hydrogens is 402 g/mol. The number of aliphatic hydroxyl groups excluding tert-OH is 1. The molecule has 2 aromatic rings. The molecule has 7 nitrogen and oxygen atoms in total. The molecule has 0 radical (unpaired) electrons. The van der Waals surface area contributed by atoms with Crippen LogP contribution >= 0.6 is 12.2 Å². The second-order valence-electron chi connectivity index (χ2n) is 6.53. The zero-order chi connectivity index (χ0) is 21.4. The average Bonchev–Trinajstić information content (AvgIpc) is 2.75. The largest absolute Gasteiger partial charge is 0.478 e. The van der Waals surface area contributed by atoms with Gasteiger partial charge in [0.05, 0.1) is 18.4 Å². The standard InChI is InChI=1S/C22H21N3O4S/c26-19-11-4-5-12-22(19,29-14-16-7-2-1-3-8-16)15-23-25-21(30)24-18-10-6-9-17(13-18)20(27)28/h1-13,15,19,26H,14H2,(H,27,28)(H2,24,25,30). The number of aliphatic hydroxyl groups is 1. The quantitative estimate of drug-likeness (QED) is 0.308. The number of carboxylic acids is 1. The van der Waals surface area contributed by atoms with Gasteiger partial charge in [-0.25, -0.2) is 4.79 Å². The van der Waals surface area contributed by atoms with E-state index in [1.807, 2.05) is 30.3 Å². The Morgan fingerprint density at radius 1 is 1.20 bits per heavy atom. The van der Waals surface area contributed by atoms with Crippen LogP contribution in [0.3, 0.4) is 0 Å². The van der Waals surface area contributed by atoms with Crippen molar-refractivity contribution in [1.82, 2.24) is 5.43 Å². The van der Waals surface area contributed by atoms with E-state index in [2.05, 4.69) is 15.8 Å². The van der Waals surface area contributed by atoms with Gasteiger partial charge in [-0.1, -0.05) is 54.6 Å². The molecule has 30 heavy (non-hydrogen) atoms. The van der Waals surface area contributed by atoms with Gasteiger partial charge < -0.3 is 20.3 Å². The monoisotopic (exact) mass is 423 g/mol. The van der Waals surface area contributed by atoms with E-state index in [-0.39, 0.29) is 17.3 Å². The number of rotatable bonds is 7. The molecule has 3 rings (SSSR count). The van der Waals surface area contributed by atoms with Gasteiger partial charge in [-0.2, -0.15) is 5.10 Å². The van der Waals surface area contributed by atoms with E-state index < -0.39 is 17.7 Å². The number of hydrazone groups is 1. The third-order valence-electron chi connectivity index (χ3n) is 4.35. The Kier molecular flexibility index (Phi) is 7.08. The molecule has 0 fully saturated rings. The highest BCUT2D eigenvalue weighted by Gasteiger charge is 2.35. The van der Waals surface area contributed by atoms with E-state index in [0.29, 0.717) is 5.69 Å². The van der Waals surface area contributed by atoms with Gasteiger partial charge in [-0.05, 0) is 42.1 Å². The number of carbonyl (C=O) groups is 1. The van der Waals surface area contributed by atoms with Crippen molar-refractivity contribution in [3.63, 3.8) is 0 Å². The summed E-state index contributed by atoms with van der Waals surface area (Å²) in [7, 11) is 0. The van der Waals surface area contributed by atoms with Crippen molar-refractivity contribution >= 4 is 35.2 Å². The summed E-state index contributed by atoms with van der Waals surface area (Å²) in [6, 6.07) is 15.9. The number of nitrogens with one attached hydrogen (secondary N) is 2. The number of hydrogen-bond donors (Lipinski definition) is 4. The van der Waals surface area contributed by atoms with Gasteiger partial charge >= 0.3 is 5.97 Å². The van der Waals surface area contributed by atoms with E-state index in [1.165, 1.54) is 18.3 Å². The van der Waals surface area contributed by atoms with Crippen LogP contribution in [0, 0.1) is 0 Å². The van der Waals surface area contributed by atoms with Crippen LogP contribution in [0.15, 0.2) is 84.0 Å². The molecule has 2 aromatic carbocycles. The highest BCUT2D eigenvalue weighted by molar-refractivity contribution is 7.80. The van der Waals surface area contributed by atoms with E-state index in [1.54, 1.807) is 36.4 Å². The number of benzene rings is 2. The highest BCUT2D eigenvalue weighted by Crippen LogP contribution is 2.23. The number of aromatic carboxylic acids is 1. The fourth-order valence-electron chi connectivity index (χ4n) is 2.78. The molecule has 154 valence electrons. The van der Waals surface area contributed by atoms with Gasteiger partial charge in [0.1, 0.15) is 6.10 Å². The molecule has 0 amide bonds. The van der Waals surface area contributed by atoms with Crippen LogP contribution in [0.4, 0.5) is 5.69 Å². The first kappa shape index (κ1) is 21.4. The van der Waals surface area contributed by atoms with Gasteiger partial charge in [-0.3, -0.25) is 5.43 Å². The molecule has 0 saturated carbocycles. The minimum Gasteiger partial charge on any atom is -0.478 e. The lowest BCUT2D eigenvalue weighted by Crippen LogP contribution is -2.45. The van der Waals surface area contributed by atoms with Crippen molar-refractivity contribution in [2.75, 3.05) is 5.32 Å². The van der Waals surface area contributed by atoms with E-state index in [4.69, 9.17) is 22.1 Å². The molecule has 0 saturated heterocycles. The topological polar surface area (TPSA) is 103 Å². The molecule has 1 aliphatic rings. The number of thiocarbonyl (C=S) groups is 1. The number of allylic oxidation sites excluding steroid dienone is 2. The van der Waals surface area contributed by atoms with Gasteiger partial charge in [0.15, 0.2) is 10.7 Å². The van der Waals surface area contributed by atoms with Gasteiger partial charge in [-0.15, -0.1) is 0 Å². The van der Waals surface area contributed by atoms with Crippen molar-refractivity contribution in [1.29, 1.82) is 0 Å². The Balaban J connectivity index is 1.65. The summed E-state index contributed by atoms with van der Waals surface area (Å²) in [6.07, 6.45) is 7.37. The van der Waals surface area contributed by atoms with Crippen molar-refractivity contribution in [2.45, 2.75) is 18.3 Å². The first-order chi connectivity index (χ1) is 14.5. The number of nitrogens with zero attached hydrogens (tertiary/aromatic N) is 1. The predicted molar refractivity (Wildman–Crippen MR) is 119 cm³/mol. The van der Waals surface area contributed by atoms with Crippen LogP contribution in [0.5, 0.6) is 0 Å². The number of hydrogen-bond acceptors (Lipinski definition) is 5. The van der Waals surface area contributed by atoms with Crippen molar-refractivity contribution in [3.05, 3.63) is 90.0 Å². The Hall–Kier alpha value is -3.33. The fourth-order valence-corrected chi connectivity index (χ4v) is 2.95. The van der Waals surface area contributed by atoms with Crippen LogP contribution < -0.4 is 10.7 Å². The Bertz CT molecular complexity index is 991. The molecule has 0 spiro atoms. The van der Waals surface area contributed by atoms with Crippen molar-refractivity contribution < 1.29 is 19.7 Å². The molecule has 2 atom stereocenters. The van der Waals surface area contributed by atoms with Crippen molar-refractivity contribution in [2.24, 2.45) is 5.10 Å². The maximum Gasteiger partial charge on any atom is 0.335 e. The van der Waals surface area contributed by atoms with Crippen molar-refractivity contribution in [3.8, 4) is 0 Å². The maximum absolute atomic E-state index is 11.1. The molecule has 0 bridgehead atoms. The smallest absolute Gasteiger partial charge is 0.335 e. The third-order valence-corrected chi connectivity index (χ3v) is 4.55. The summed E-state index contributed by atoms with van der Waals surface area (Å²) < 4.78 is 6.00. The van der Waals surface area contributed by atoms with Crippen LogP contribution in [-0.2, 0) is 11.3 Å². The van der Waals surface area contributed by atoms with E-state index in [0.717, 1.165) is 5.56 Å². The molecule has 2 unspecified atom stereocenters. The number of carboxylic acid groups (broad SMARTS) is 1. The van der Waals surface area contributed by atoms with Crippen LogP contribution in [0.25, 0.3) is 0 Å². The zero-order valence-electron chi connectivity index (χ0n) is 15.9. The molecule has 0 heterocycles. The van der Waals surface area contributed by atoms with Crippen LogP contribution in [0.2, 0.25) is 0 Å². The second kappa shape index (κ2) is 9.93. The lowest BCUT2D eigenvalue weighted by molar-refractivity contribution is -0.0360. The summed E-state index contributed by atoms with van der Waals surface area (Å²) in [6.45, 7) is 0.285. The summed E-state index contributed by atoms with van der Waals surface area (Å²) in [5.74, 6) is -1.03. The lowest BCUT2D eigenvalue weighted by Gasteiger charge is -2.32. The van der Waals surface area contributed by atoms with Gasteiger partial charge in [0, 0.05) is 5.69 Å². The fraction of sp³-hybridized carbons (Fsp3) is 0.136. The molecule has 0 aliphatic heterocycles. The van der Waals surface area contributed by atoms with E-state index in [9.17, 15) is 9.90 Å². The SMILES string of the molecule is O=C(O)c1cccc(NC(=S)NN=CC2(OCc3ccccc3)C=CC=CC2O)c1. The molecule has 1 aliphatic carbocycles. The first-order valence-corrected chi connectivity index (χ1v) is 9.56. The first-order valence-electron chi connectivity index (χ1n) is 9.15. The third kappa shape index (κ3) is 5.60.